The zero-order valence-electron chi connectivity index (χ0n) is 20.4. The lowest BCUT2D eigenvalue weighted by Gasteiger charge is -2.43. The van der Waals surface area contributed by atoms with Crippen LogP contribution in [-0.2, 0) is 10.2 Å². The van der Waals surface area contributed by atoms with Crippen LogP contribution in [0.1, 0.15) is 37.9 Å². The van der Waals surface area contributed by atoms with Crippen LogP contribution in [0.25, 0.3) is 16.5 Å². The van der Waals surface area contributed by atoms with Gasteiger partial charge >= 0.3 is 12.0 Å². The molecule has 2 saturated heterocycles. The van der Waals surface area contributed by atoms with Crippen LogP contribution in [0.5, 0.6) is 0 Å². The maximum atomic E-state index is 13.6. The molecule has 8 heteroatoms. The zero-order chi connectivity index (χ0) is 24.0. The number of para-hydroxylation sites is 1. The molecule has 2 N–H and O–H groups in total. The third kappa shape index (κ3) is 4.09. The Morgan fingerprint density at radius 3 is 2.38 bits per heavy atom. The smallest absolute Gasteiger partial charge is 0.339 e. The number of aliphatic carboxylic acids is 1. The Balaban J connectivity index is 1.37. The summed E-state index contributed by atoms with van der Waals surface area (Å²) in [4.78, 5) is 37.7. The van der Waals surface area contributed by atoms with Gasteiger partial charge in [-0.3, -0.25) is 9.80 Å². The van der Waals surface area contributed by atoms with Crippen molar-refractivity contribution in [3.05, 3.63) is 41.7 Å². The summed E-state index contributed by atoms with van der Waals surface area (Å²) >= 11 is 0. The van der Waals surface area contributed by atoms with Crippen molar-refractivity contribution >= 4 is 28.5 Å². The third-order valence-corrected chi connectivity index (χ3v) is 7.77. The summed E-state index contributed by atoms with van der Waals surface area (Å²) in [5, 5.41) is 11.1. The Kier molecular flexibility index (Phi) is 5.90. The van der Waals surface area contributed by atoms with Gasteiger partial charge in [0.15, 0.2) is 0 Å². The van der Waals surface area contributed by atoms with E-state index in [2.05, 4.69) is 35.7 Å². The van der Waals surface area contributed by atoms with Crippen LogP contribution in [-0.4, -0.2) is 101 Å². The Morgan fingerprint density at radius 1 is 1.03 bits per heavy atom. The number of hydrogen-bond donors (Lipinski definition) is 2. The van der Waals surface area contributed by atoms with Crippen molar-refractivity contribution in [2.45, 2.75) is 38.1 Å². The van der Waals surface area contributed by atoms with Crippen molar-refractivity contribution in [3.8, 4) is 0 Å². The van der Waals surface area contributed by atoms with Crippen LogP contribution >= 0.6 is 0 Å². The molecule has 2 amide bonds. The number of carbonyl (C=O) groups is 2. The maximum absolute atomic E-state index is 13.6. The minimum Gasteiger partial charge on any atom is -0.478 e. The molecule has 0 spiro atoms. The number of aromatic nitrogens is 1. The SMILES string of the molecule is CN1CCN(C2CCN(C(=O)N3C=C(C(=O)O)c4[nH]c5ccccc5c4C(C)(C)C3)CC2)CC1. The number of rotatable bonds is 2. The molecule has 4 heterocycles. The van der Waals surface area contributed by atoms with Crippen LogP contribution in [0.15, 0.2) is 30.5 Å². The van der Waals surface area contributed by atoms with Gasteiger partial charge in [-0.1, -0.05) is 32.0 Å². The molecular formula is C26H35N5O3. The number of carboxylic acid groups (broad SMARTS) is 1. The highest BCUT2D eigenvalue weighted by atomic mass is 16.4. The molecule has 0 aliphatic carbocycles. The number of nitrogens with one attached hydrogen (secondary N) is 1. The van der Waals surface area contributed by atoms with E-state index >= 15 is 0 Å². The van der Waals surface area contributed by atoms with E-state index in [1.54, 1.807) is 11.1 Å². The van der Waals surface area contributed by atoms with Gasteiger partial charge in [-0.05, 0) is 31.5 Å². The molecule has 8 nitrogen and oxygen atoms in total. The van der Waals surface area contributed by atoms with E-state index in [0.29, 0.717) is 31.4 Å². The molecule has 0 bridgehead atoms. The quantitative estimate of drug-likeness (QED) is 0.713. The van der Waals surface area contributed by atoms with E-state index in [1.807, 2.05) is 29.2 Å². The van der Waals surface area contributed by atoms with E-state index in [4.69, 9.17) is 0 Å². The van der Waals surface area contributed by atoms with Gasteiger partial charge in [0.25, 0.3) is 0 Å². The van der Waals surface area contributed by atoms with Gasteiger partial charge in [0.2, 0.25) is 0 Å². The van der Waals surface area contributed by atoms with Gasteiger partial charge < -0.3 is 19.9 Å². The van der Waals surface area contributed by atoms with Crippen LogP contribution in [0.4, 0.5) is 4.79 Å². The molecule has 34 heavy (non-hydrogen) atoms. The second-order valence-corrected chi connectivity index (χ2v) is 10.6. The van der Waals surface area contributed by atoms with Gasteiger partial charge in [0, 0.05) is 74.4 Å². The van der Waals surface area contributed by atoms with Crippen molar-refractivity contribution in [2.75, 3.05) is 52.9 Å². The number of urea groups is 1. The Hall–Kier alpha value is -2.84. The highest BCUT2D eigenvalue weighted by molar-refractivity contribution is 6.17. The number of piperazine rings is 1. The zero-order valence-corrected chi connectivity index (χ0v) is 20.4. The van der Waals surface area contributed by atoms with Gasteiger partial charge in [-0.15, -0.1) is 0 Å². The van der Waals surface area contributed by atoms with Crippen LogP contribution in [0, 0.1) is 0 Å². The van der Waals surface area contributed by atoms with E-state index in [1.165, 1.54) is 0 Å². The number of carboxylic acids is 1. The number of aromatic amines is 1. The minimum atomic E-state index is -1.03. The maximum Gasteiger partial charge on any atom is 0.339 e. The largest absolute Gasteiger partial charge is 0.478 e. The number of amides is 2. The molecule has 0 atom stereocenters. The first-order valence-electron chi connectivity index (χ1n) is 12.3. The lowest BCUT2D eigenvalue weighted by atomic mass is 9.82. The molecule has 1 aromatic heterocycles. The predicted molar refractivity (Wildman–Crippen MR) is 133 cm³/mol. The van der Waals surface area contributed by atoms with Crippen LogP contribution in [0.3, 0.4) is 0 Å². The highest BCUT2D eigenvalue weighted by Gasteiger charge is 2.38. The normalized spacial score (nSPS) is 22.4. The van der Waals surface area contributed by atoms with Gasteiger partial charge in [-0.25, -0.2) is 9.59 Å². The van der Waals surface area contributed by atoms with E-state index < -0.39 is 11.4 Å². The number of piperidine rings is 1. The van der Waals surface area contributed by atoms with Crippen molar-refractivity contribution in [3.63, 3.8) is 0 Å². The summed E-state index contributed by atoms with van der Waals surface area (Å²) in [7, 11) is 2.17. The first-order valence-corrected chi connectivity index (χ1v) is 12.3. The molecule has 0 saturated carbocycles. The summed E-state index contributed by atoms with van der Waals surface area (Å²) < 4.78 is 0. The summed E-state index contributed by atoms with van der Waals surface area (Å²) in [6, 6.07) is 8.32. The fourth-order valence-corrected chi connectivity index (χ4v) is 5.89. The molecule has 3 aliphatic heterocycles. The van der Waals surface area contributed by atoms with Crippen LogP contribution in [0.2, 0.25) is 0 Å². The first-order chi connectivity index (χ1) is 16.2. The molecule has 182 valence electrons. The second kappa shape index (κ2) is 8.74. The highest BCUT2D eigenvalue weighted by Crippen LogP contribution is 2.40. The molecule has 2 fully saturated rings. The number of hydrogen-bond acceptors (Lipinski definition) is 4. The molecule has 5 rings (SSSR count). The number of carbonyl (C=O) groups excluding carboxylic acids is 1. The first kappa shape index (κ1) is 22.9. The number of likely N-dealkylation sites (N-methyl/N-ethyl adjacent to an activating group) is 1. The topological polar surface area (TPSA) is 83.1 Å². The number of benzene rings is 1. The Morgan fingerprint density at radius 2 is 1.71 bits per heavy atom. The molecule has 0 unspecified atom stereocenters. The summed E-state index contributed by atoms with van der Waals surface area (Å²) in [5.41, 5.74) is 2.19. The molecule has 2 aromatic rings. The van der Waals surface area contributed by atoms with E-state index in [-0.39, 0.29) is 11.6 Å². The standard InChI is InChI=1S/C26H35N5O3/c1-26(2)17-31(16-20(24(32)33)23-22(26)19-6-4-5-7-21(19)27-23)25(34)30-10-8-18(9-11-30)29-14-12-28(3)13-15-29/h4-7,16,18,27H,8-15,17H2,1-3H3,(H,32,33). The number of H-pyrrole nitrogens is 1. The van der Waals surface area contributed by atoms with Crippen molar-refractivity contribution in [1.29, 1.82) is 0 Å². The average Bonchev–Trinajstić information content (AvgIpc) is 3.16. The summed E-state index contributed by atoms with van der Waals surface area (Å²) in [6.07, 6.45) is 3.47. The van der Waals surface area contributed by atoms with E-state index in [9.17, 15) is 14.7 Å². The van der Waals surface area contributed by atoms with Gasteiger partial charge in [0.05, 0.1) is 11.3 Å². The van der Waals surface area contributed by atoms with E-state index in [0.717, 1.165) is 55.5 Å². The molecule has 1 aromatic carbocycles. The third-order valence-electron chi connectivity index (χ3n) is 7.77. The van der Waals surface area contributed by atoms with Crippen molar-refractivity contribution < 1.29 is 14.7 Å². The predicted octanol–water partition coefficient (Wildman–Crippen LogP) is 3.02. The minimum absolute atomic E-state index is 0.0990. The Bertz CT molecular complexity index is 1120. The molecular weight excluding hydrogens is 430 g/mol. The molecule has 0 radical (unpaired) electrons. The lowest BCUT2D eigenvalue weighted by Crippen LogP contribution is -2.54. The monoisotopic (exact) mass is 465 g/mol. The number of nitrogens with zero attached hydrogens (tertiary/aromatic N) is 4. The second-order valence-electron chi connectivity index (χ2n) is 10.6. The van der Waals surface area contributed by atoms with Gasteiger partial charge in [-0.2, -0.15) is 0 Å². The molecule has 3 aliphatic rings. The summed E-state index contributed by atoms with van der Waals surface area (Å²) in [5.74, 6) is -1.03. The fraction of sp³-hybridized carbons (Fsp3) is 0.538. The average molecular weight is 466 g/mol. The summed E-state index contributed by atoms with van der Waals surface area (Å²) in [6.45, 7) is 10.4. The number of fused-ring (bicyclic) bond motifs is 3. The van der Waals surface area contributed by atoms with Crippen LogP contribution < -0.4 is 0 Å². The fourth-order valence-electron chi connectivity index (χ4n) is 5.89. The van der Waals surface area contributed by atoms with Crippen molar-refractivity contribution in [1.82, 2.24) is 24.6 Å². The van der Waals surface area contributed by atoms with Gasteiger partial charge in [0.1, 0.15) is 0 Å². The van der Waals surface area contributed by atoms with Crippen molar-refractivity contribution in [2.24, 2.45) is 0 Å². The Labute approximate surface area is 200 Å². The number of likely N-dealkylation sites (tertiary alicyclic amines) is 1. The lowest BCUT2D eigenvalue weighted by molar-refractivity contribution is -0.130.